The molecule has 7 heteroatoms. The molecule has 0 saturated carbocycles. The Morgan fingerprint density at radius 1 is 1.58 bits per heavy atom. The number of carbonyl (C=O) groups is 1. The number of nitrogens with zero attached hydrogens (tertiary/aromatic N) is 2. The summed E-state index contributed by atoms with van der Waals surface area (Å²) < 4.78 is 0. The van der Waals surface area contributed by atoms with E-state index in [2.05, 4.69) is 5.32 Å². The van der Waals surface area contributed by atoms with Crippen LogP contribution in [0.2, 0.25) is 0 Å². The second-order valence-electron chi connectivity index (χ2n) is 4.55. The van der Waals surface area contributed by atoms with E-state index in [0.717, 1.165) is 13.0 Å². The van der Waals surface area contributed by atoms with Crippen LogP contribution in [0.3, 0.4) is 0 Å². The first-order chi connectivity index (χ1) is 9.02. The molecule has 2 rings (SSSR count). The van der Waals surface area contributed by atoms with Gasteiger partial charge < -0.3 is 16.0 Å². The molecule has 0 bridgehead atoms. The third-order valence-corrected chi connectivity index (χ3v) is 3.39. The van der Waals surface area contributed by atoms with E-state index in [9.17, 15) is 14.9 Å². The molecule has 1 aliphatic heterocycles. The molecular weight excluding hydrogens is 248 g/mol. The van der Waals surface area contributed by atoms with Gasteiger partial charge >= 0.3 is 0 Å². The van der Waals surface area contributed by atoms with Crippen LogP contribution in [-0.2, 0) is 0 Å². The van der Waals surface area contributed by atoms with Crippen molar-refractivity contribution in [1.82, 2.24) is 5.32 Å². The van der Waals surface area contributed by atoms with E-state index >= 15 is 0 Å². The molecule has 19 heavy (non-hydrogen) atoms. The first-order valence-electron chi connectivity index (χ1n) is 6.03. The maximum atomic E-state index is 11.1. The minimum Gasteiger partial charge on any atom is -0.366 e. The van der Waals surface area contributed by atoms with Crippen LogP contribution in [0, 0.1) is 10.1 Å². The number of nitrogens with one attached hydrogen (secondary N) is 1. The highest BCUT2D eigenvalue weighted by molar-refractivity contribution is 5.94. The lowest BCUT2D eigenvalue weighted by Crippen LogP contribution is -2.29. The smallest absolute Gasteiger partial charge is 0.293 e. The van der Waals surface area contributed by atoms with Crippen molar-refractivity contribution >= 4 is 17.3 Å². The van der Waals surface area contributed by atoms with Crippen molar-refractivity contribution < 1.29 is 9.72 Å². The molecule has 7 nitrogen and oxygen atoms in total. The van der Waals surface area contributed by atoms with Gasteiger partial charge in [0.05, 0.1) is 4.92 Å². The molecule has 0 radical (unpaired) electrons. The van der Waals surface area contributed by atoms with Crippen molar-refractivity contribution in [2.24, 2.45) is 5.73 Å². The summed E-state index contributed by atoms with van der Waals surface area (Å²) in [5.41, 5.74) is 5.76. The molecule has 1 atom stereocenters. The molecule has 1 aromatic rings. The third kappa shape index (κ3) is 2.65. The van der Waals surface area contributed by atoms with Gasteiger partial charge in [0.1, 0.15) is 5.69 Å². The number of anilines is 1. The fourth-order valence-corrected chi connectivity index (χ4v) is 2.31. The molecule has 1 unspecified atom stereocenters. The van der Waals surface area contributed by atoms with Crippen molar-refractivity contribution in [2.75, 3.05) is 25.0 Å². The van der Waals surface area contributed by atoms with Crippen LogP contribution in [0.4, 0.5) is 11.4 Å². The van der Waals surface area contributed by atoms with Gasteiger partial charge in [0.2, 0.25) is 5.91 Å². The molecule has 1 aromatic carbocycles. The standard InChI is InChI=1S/C12H16N4O3/c1-14-9-4-5-15(7-9)10-3-2-8(12(13)17)6-11(10)16(18)19/h2-3,6,9,14H,4-5,7H2,1H3,(H2,13,17). The lowest BCUT2D eigenvalue weighted by molar-refractivity contribution is -0.384. The SMILES string of the molecule is CNC1CCN(c2ccc(C(N)=O)cc2[N+](=O)[O-])C1. The predicted molar refractivity (Wildman–Crippen MR) is 71.3 cm³/mol. The second-order valence-corrected chi connectivity index (χ2v) is 4.55. The Bertz CT molecular complexity index is 518. The van der Waals surface area contributed by atoms with E-state index in [4.69, 9.17) is 5.73 Å². The first kappa shape index (κ1) is 13.3. The quantitative estimate of drug-likeness (QED) is 0.608. The molecule has 3 N–H and O–H groups in total. The van der Waals surface area contributed by atoms with E-state index < -0.39 is 10.8 Å². The first-order valence-corrected chi connectivity index (χ1v) is 6.03. The maximum Gasteiger partial charge on any atom is 0.293 e. The number of primary amides is 1. The Kier molecular flexibility index (Phi) is 3.66. The zero-order valence-corrected chi connectivity index (χ0v) is 10.6. The van der Waals surface area contributed by atoms with Crippen molar-refractivity contribution in [3.63, 3.8) is 0 Å². The fraction of sp³-hybridized carbons (Fsp3) is 0.417. The lowest BCUT2D eigenvalue weighted by Gasteiger charge is -2.18. The molecule has 1 fully saturated rings. The van der Waals surface area contributed by atoms with Gasteiger partial charge in [-0.2, -0.15) is 0 Å². The number of nitrogens with two attached hydrogens (primary N) is 1. The predicted octanol–water partition coefficient (Wildman–Crippen LogP) is 0.492. The number of carbonyl (C=O) groups excluding carboxylic acids is 1. The average molecular weight is 264 g/mol. The van der Waals surface area contributed by atoms with Gasteiger partial charge in [-0.1, -0.05) is 0 Å². The van der Waals surface area contributed by atoms with Crippen LogP contribution in [-0.4, -0.2) is 37.0 Å². The van der Waals surface area contributed by atoms with Crippen molar-refractivity contribution in [3.8, 4) is 0 Å². The second kappa shape index (κ2) is 5.23. The van der Waals surface area contributed by atoms with Crippen LogP contribution < -0.4 is 16.0 Å². The van der Waals surface area contributed by atoms with Crippen LogP contribution in [0.1, 0.15) is 16.8 Å². The van der Waals surface area contributed by atoms with E-state index in [-0.39, 0.29) is 11.3 Å². The largest absolute Gasteiger partial charge is 0.366 e. The highest BCUT2D eigenvalue weighted by atomic mass is 16.6. The van der Waals surface area contributed by atoms with E-state index in [1.807, 2.05) is 11.9 Å². The number of rotatable bonds is 4. The molecule has 1 heterocycles. The molecule has 0 spiro atoms. The molecule has 102 valence electrons. The number of hydrogen-bond acceptors (Lipinski definition) is 5. The van der Waals surface area contributed by atoms with E-state index in [1.165, 1.54) is 12.1 Å². The summed E-state index contributed by atoms with van der Waals surface area (Å²) in [4.78, 5) is 23.7. The number of nitro groups is 1. The number of amides is 1. The Morgan fingerprint density at radius 2 is 2.32 bits per heavy atom. The van der Waals surface area contributed by atoms with Crippen LogP contribution in [0.5, 0.6) is 0 Å². The van der Waals surface area contributed by atoms with Crippen LogP contribution >= 0.6 is 0 Å². The zero-order valence-electron chi connectivity index (χ0n) is 10.6. The van der Waals surface area contributed by atoms with Crippen molar-refractivity contribution in [3.05, 3.63) is 33.9 Å². The monoisotopic (exact) mass is 264 g/mol. The molecule has 0 aliphatic carbocycles. The molecule has 0 aromatic heterocycles. The average Bonchev–Trinajstić information content (AvgIpc) is 2.86. The number of hydrogen-bond donors (Lipinski definition) is 2. The Balaban J connectivity index is 2.35. The normalized spacial score (nSPS) is 18.6. The van der Waals surface area contributed by atoms with Gasteiger partial charge in [-0.3, -0.25) is 14.9 Å². The Hall–Kier alpha value is -2.15. The Labute approximate surface area is 110 Å². The van der Waals surface area contributed by atoms with Gasteiger partial charge in [0.25, 0.3) is 5.69 Å². The van der Waals surface area contributed by atoms with Gasteiger partial charge in [0.15, 0.2) is 0 Å². The number of likely N-dealkylation sites (N-methyl/N-ethyl adjacent to an activating group) is 1. The number of nitro benzene ring substituents is 1. The van der Waals surface area contributed by atoms with Gasteiger partial charge in [-0.25, -0.2) is 0 Å². The van der Waals surface area contributed by atoms with Crippen LogP contribution in [0.25, 0.3) is 0 Å². The van der Waals surface area contributed by atoms with Crippen molar-refractivity contribution in [1.29, 1.82) is 0 Å². The minimum absolute atomic E-state index is 0.0759. The third-order valence-electron chi connectivity index (χ3n) is 3.39. The van der Waals surface area contributed by atoms with Gasteiger partial charge in [-0.05, 0) is 25.6 Å². The molecule has 1 saturated heterocycles. The fourth-order valence-electron chi connectivity index (χ4n) is 2.31. The summed E-state index contributed by atoms with van der Waals surface area (Å²) in [6, 6.07) is 4.69. The summed E-state index contributed by atoms with van der Waals surface area (Å²) in [6.45, 7) is 1.47. The highest BCUT2D eigenvalue weighted by Gasteiger charge is 2.27. The van der Waals surface area contributed by atoms with Gasteiger partial charge in [0, 0.05) is 30.8 Å². The topological polar surface area (TPSA) is 102 Å². The van der Waals surface area contributed by atoms with Gasteiger partial charge in [-0.15, -0.1) is 0 Å². The van der Waals surface area contributed by atoms with Crippen LogP contribution in [0.15, 0.2) is 18.2 Å². The summed E-state index contributed by atoms with van der Waals surface area (Å²) in [5, 5.41) is 14.3. The summed E-state index contributed by atoms with van der Waals surface area (Å²) in [5.74, 6) is -0.663. The molecule has 1 amide bonds. The molecule has 1 aliphatic rings. The zero-order chi connectivity index (χ0) is 14.0. The summed E-state index contributed by atoms with van der Waals surface area (Å²) in [7, 11) is 1.87. The highest BCUT2D eigenvalue weighted by Crippen LogP contribution is 2.31. The Morgan fingerprint density at radius 3 is 2.84 bits per heavy atom. The minimum atomic E-state index is -0.663. The lowest BCUT2D eigenvalue weighted by atomic mass is 10.1. The maximum absolute atomic E-state index is 11.1. The summed E-state index contributed by atoms with van der Waals surface area (Å²) in [6.07, 6.45) is 0.936. The van der Waals surface area contributed by atoms with Crippen molar-refractivity contribution in [2.45, 2.75) is 12.5 Å². The van der Waals surface area contributed by atoms with E-state index in [1.54, 1.807) is 6.07 Å². The van der Waals surface area contributed by atoms with E-state index in [0.29, 0.717) is 18.3 Å². The molecular formula is C12H16N4O3. The summed E-state index contributed by atoms with van der Waals surface area (Å²) >= 11 is 0. The number of benzene rings is 1.